The summed E-state index contributed by atoms with van der Waals surface area (Å²) in [7, 11) is 0. The van der Waals surface area contributed by atoms with Crippen LogP contribution in [0.3, 0.4) is 0 Å². The van der Waals surface area contributed by atoms with Crippen LogP contribution in [0.4, 0.5) is 0 Å². The lowest BCUT2D eigenvalue weighted by molar-refractivity contribution is -0.144. The molecule has 0 aliphatic carbocycles. The fourth-order valence-corrected chi connectivity index (χ4v) is 6.86. The molecule has 0 rings (SSSR count). The Kier molecular flexibility index (Phi) is 30.1. The van der Waals surface area contributed by atoms with Crippen LogP contribution in [-0.4, -0.2) is 155 Å². The van der Waals surface area contributed by atoms with Crippen molar-refractivity contribution >= 4 is 77.0 Å². The Morgan fingerprint density at radius 2 is 0.851 bits per heavy atom. The Bertz CT molecular complexity index is 2010. The Labute approximate surface area is 430 Å². The molecule has 0 unspecified atom stereocenters. The van der Waals surface area contributed by atoms with Gasteiger partial charge in [-0.25, -0.2) is 4.79 Å². The van der Waals surface area contributed by atoms with Gasteiger partial charge < -0.3 is 87.1 Å². The molecule has 0 radical (unpaired) electrons. The zero-order chi connectivity index (χ0) is 57.2. The molecule has 10 atom stereocenters. The van der Waals surface area contributed by atoms with Crippen LogP contribution in [0.25, 0.3) is 0 Å². The lowest BCUT2D eigenvalue weighted by Crippen LogP contribution is -2.62. The van der Waals surface area contributed by atoms with Crippen LogP contribution in [0.15, 0.2) is 9.98 Å². The van der Waals surface area contributed by atoms with Crippen molar-refractivity contribution in [1.82, 2.24) is 42.5 Å². The average Bonchev–Trinajstić information content (AvgIpc) is 3.29. The second kappa shape index (κ2) is 33.4. The Balaban J connectivity index is 6.47. The van der Waals surface area contributed by atoms with Crippen molar-refractivity contribution in [3.63, 3.8) is 0 Å². The monoisotopic (exact) mass is 1050 g/mol. The van der Waals surface area contributed by atoms with Crippen LogP contribution in [0.5, 0.6) is 0 Å². The van der Waals surface area contributed by atoms with Gasteiger partial charge in [-0.15, -0.1) is 0 Å². The molecule has 9 amide bonds. The van der Waals surface area contributed by atoms with Crippen molar-refractivity contribution in [3.05, 3.63) is 0 Å². The summed E-state index contributed by atoms with van der Waals surface area (Å²) >= 11 is 0. The van der Waals surface area contributed by atoms with E-state index in [-0.39, 0.29) is 57.1 Å². The summed E-state index contributed by atoms with van der Waals surface area (Å²) in [6.07, 6.45) is -0.890. The van der Waals surface area contributed by atoms with Crippen LogP contribution >= 0.6 is 0 Å². The molecule has 0 aromatic carbocycles. The van der Waals surface area contributed by atoms with E-state index in [1.165, 1.54) is 6.92 Å². The molecule has 0 saturated heterocycles. The summed E-state index contributed by atoms with van der Waals surface area (Å²) in [6, 6.07) is -12.5. The predicted molar refractivity (Wildman–Crippen MR) is 271 cm³/mol. The molecular formula is C45H82N16O13. The number of carboxylic acids is 2. The molecule has 0 saturated carbocycles. The number of rotatable bonds is 35. The fourth-order valence-electron chi connectivity index (χ4n) is 6.86. The fraction of sp³-hybridized carbons (Fsp3) is 0.711. The van der Waals surface area contributed by atoms with Crippen molar-refractivity contribution in [3.8, 4) is 0 Å². The number of nitrogens with one attached hydrogen (secondary N) is 8. The van der Waals surface area contributed by atoms with Crippen LogP contribution in [0.2, 0.25) is 0 Å². The molecule has 0 aliphatic heterocycles. The van der Waals surface area contributed by atoms with Gasteiger partial charge in [-0.05, 0) is 62.7 Å². The maximum atomic E-state index is 14.1. The lowest BCUT2D eigenvalue weighted by Gasteiger charge is -2.31. The SMILES string of the molecule is CC[C@H](C)[C@H](NC(=O)[C@H](CCCN=C(N)N)NC(=O)[C@@H](NC(=O)[C@@H](NC(=O)[C@H](CCC(N)=O)NC(=O)[C@H](C)NC(=O)[C@H](CC(=O)O)NC(=O)[C@@H](N)CCCN=C(N)N)C(C)C)C(C)C)C(=O)N[C@H](C(=O)O)C(C)C. The minimum Gasteiger partial charge on any atom is -0.481 e. The molecule has 29 nitrogen and oxygen atoms in total. The highest BCUT2D eigenvalue weighted by Gasteiger charge is 2.37. The topological polar surface area (TPSA) is 505 Å². The van der Waals surface area contributed by atoms with Crippen molar-refractivity contribution in [2.45, 2.75) is 168 Å². The van der Waals surface area contributed by atoms with Crippen LogP contribution in [0.1, 0.15) is 114 Å². The Morgan fingerprint density at radius 1 is 0.459 bits per heavy atom. The summed E-state index contributed by atoms with van der Waals surface area (Å²) in [5.41, 5.74) is 32.7. The first-order chi connectivity index (χ1) is 34.3. The van der Waals surface area contributed by atoms with Crippen molar-refractivity contribution in [2.24, 2.45) is 68.1 Å². The summed E-state index contributed by atoms with van der Waals surface area (Å²) in [5.74, 6) is -13.6. The van der Waals surface area contributed by atoms with E-state index in [0.717, 1.165) is 0 Å². The number of guanidine groups is 2. The van der Waals surface area contributed by atoms with Crippen molar-refractivity contribution < 1.29 is 63.0 Å². The largest absolute Gasteiger partial charge is 0.481 e. The van der Waals surface area contributed by atoms with E-state index in [1.807, 2.05) is 0 Å². The number of carbonyl (C=O) groups is 11. The first-order valence-corrected chi connectivity index (χ1v) is 24.4. The zero-order valence-electron chi connectivity index (χ0n) is 43.8. The standard InChI is InChI=1S/C45H82N16O13/c1-10-23(8)34(42(72)60-33(22(6)7)43(73)74)61-37(67)26(14-12-18-53-45(50)51)56-40(70)31(20(2)3)59-41(71)32(21(4)5)58-38(68)27(15-16-29(47)62)55-35(65)24(9)54-39(69)28(19-30(63)64)57-36(66)25(46)13-11-17-52-44(48)49/h20-28,31-34H,10-19,46H2,1-9H3,(H2,47,62)(H,54,69)(H,55,65)(H,56,70)(H,57,66)(H,58,68)(H,59,71)(H,60,72)(H,61,67)(H,63,64)(H,73,74)(H4,48,49,52)(H4,50,51,53)/t23-,24-,25-,26-,27-,28-,31-,32-,33-,34-/m0/s1. The number of carboxylic acid groups (broad SMARTS) is 2. The van der Waals surface area contributed by atoms with Gasteiger partial charge in [-0.3, -0.25) is 57.9 Å². The third kappa shape index (κ3) is 25.4. The van der Waals surface area contributed by atoms with Crippen LogP contribution in [-0.2, 0) is 52.7 Å². The van der Waals surface area contributed by atoms with Crippen molar-refractivity contribution in [2.75, 3.05) is 13.1 Å². The second-order valence-corrected chi connectivity index (χ2v) is 18.9. The van der Waals surface area contributed by atoms with E-state index < -0.39 is 156 Å². The first kappa shape index (κ1) is 66.7. The first-order valence-electron chi connectivity index (χ1n) is 24.4. The number of nitrogens with two attached hydrogens (primary N) is 6. The number of primary amides is 1. The normalized spacial score (nSPS) is 15.1. The molecule has 0 heterocycles. The van der Waals surface area contributed by atoms with Gasteiger partial charge in [0.15, 0.2) is 11.9 Å². The summed E-state index contributed by atoms with van der Waals surface area (Å²) in [4.78, 5) is 152. The smallest absolute Gasteiger partial charge is 0.326 e. The van der Waals surface area contributed by atoms with Gasteiger partial charge in [-0.2, -0.15) is 0 Å². The minimum atomic E-state index is -1.70. The van der Waals surface area contributed by atoms with Gasteiger partial charge in [0, 0.05) is 19.5 Å². The van der Waals surface area contributed by atoms with Crippen LogP contribution in [0, 0.1) is 23.7 Å². The maximum absolute atomic E-state index is 14.1. The van der Waals surface area contributed by atoms with Gasteiger partial charge in [-0.1, -0.05) is 61.8 Å². The summed E-state index contributed by atoms with van der Waals surface area (Å²) < 4.78 is 0. The third-order valence-electron chi connectivity index (χ3n) is 11.5. The number of nitrogens with zero attached hydrogens (tertiary/aromatic N) is 2. The molecule has 22 N–H and O–H groups in total. The highest BCUT2D eigenvalue weighted by molar-refractivity contribution is 5.99. The van der Waals surface area contributed by atoms with E-state index >= 15 is 0 Å². The number of aliphatic imine (C=N–C) groups is 2. The van der Waals surface area contributed by atoms with Gasteiger partial charge >= 0.3 is 11.9 Å². The van der Waals surface area contributed by atoms with Gasteiger partial charge in [0.1, 0.15) is 48.3 Å². The number of aliphatic carboxylic acids is 2. The van der Waals surface area contributed by atoms with E-state index in [9.17, 15) is 63.0 Å². The van der Waals surface area contributed by atoms with E-state index in [2.05, 4.69) is 52.5 Å². The average molecular weight is 1060 g/mol. The lowest BCUT2D eigenvalue weighted by atomic mass is 9.96. The molecule has 420 valence electrons. The highest BCUT2D eigenvalue weighted by atomic mass is 16.4. The summed E-state index contributed by atoms with van der Waals surface area (Å²) in [5, 5.41) is 39.0. The number of carbonyl (C=O) groups excluding carboxylic acids is 9. The van der Waals surface area contributed by atoms with Gasteiger partial charge in [0.2, 0.25) is 53.2 Å². The number of hydrogen-bond donors (Lipinski definition) is 16. The summed E-state index contributed by atoms with van der Waals surface area (Å²) in [6.45, 7) is 14.4. The quantitative estimate of drug-likeness (QED) is 0.0161. The zero-order valence-corrected chi connectivity index (χ0v) is 43.8. The van der Waals surface area contributed by atoms with Gasteiger partial charge in [0.05, 0.1) is 12.5 Å². The molecule has 0 aromatic heterocycles. The number of amides is 9. The van der Waals surface area contributed by atoms with E-state index in [0.29, 0.717) is 6.42 Å². The number of hydrogen-bond acceptors (Lipinski definition) is 14. The molecule has 0 fully saturated rings. The molecule has 0 aliphatic rings. The maximum Gasteiger partial charge on any atom is 0.326 e. The van der Waals surface area contributed by atoms with Crippen molar-refractivity contribution in [1.29, 1.82) is 0 Å². The van der Waals surface area contributed by atoms with E-state index in [4.69, 9.17) is 34.4 Å². The molecule has 0 spiro atoms. The molecule has 0 bridgehead atoms. The van der Waals surface area contributed by atoms with Crippen LogP contribution < -0.4 is 76.9 Å². The molecular weight excluding hydrogens is 973 g/mol. The second-order valence-electron chi connectivity index (χ2n) is 18.9. The Morgan fingerprint density at radius 3 is 1.30 bits per heavy atom. The molecule has 74 heavy (non-hydrogen) atoms. The molecule has 29 heteroatoms. The molecule has 0 aromatic rings. The van der Waals surface area contributed by atoms with Gasteiger partial charge in [0.25, 0.3) is 0 Å². The van der Waals surface area contributed by atoms with E-state index in [1.54, 1.807) is 55.4 Å². The highest BCUT2D eigenvalue weighted by Crippen LogP contribution is 2.14. The third-order valence-corrected chi connectivity index (χ3v) is 11.5. The predicted octanol–water partition coefficient (Wildman–Crippen LogP) is -4.84. The Hall–Kier alpha value is -7.33. The minimum absolute atomic E-state index is 0.0497.